The zero-order valence-electron chi connectivity index (χ0n) is 20.1. The Morgan fingerprint density at radius 1 is 0.973 bits per heavy atom. The predicted molar refractivity (Wildman–Crippen MR) is 131 cm³/mol. The lowest BCUT2D eigenvalue weighted by molar-refractivity contribution is -0.137. The van der Waals surface area contributed by atoms with E-state index in [2.05, 4.69) is 0 Å². The van der Waals surface area contributed by atoms with Crippen molar-refractivity contribution in [1.29, 1.82) is 0 Å². The second kappa shape index (κ2) is 9.31. The molecule has 2 amide bonds. The quantitative estimate of drug-likeness (QED) is 0.329. The Labute approximate surface area is 211 Å². The van der Waals surface area contributed by atoms with Gasteiger partial charge in [-0.2, -0.15) is 13.2 Å². The fourth-order valence-corrected chi connectivity index (χ4v) is 4.68. The van der Waals surface area contributed by atoms with Gasteiger partial charge in [0.25, 0.3) is 5.91 Å². The number of furan rings is 1. The van der Waals surface area contributed by atoms with Crippen molar-refractivity contribution in [3.05, 3.63) is 108 Å². The molecule has 0 saturated heterocycles. The number of carbonyl (C=O) groups excluding carboxylic acids is 2. The molecule has 1 unspecified atom stereocenters. The van der Waals surface area contributed by atoms with Crippen molar-refractivity contribution in [3.63, 3.8) is 0 Å². The summed E-state index contributed by atoms with van der Waals surface area (Å²) in [7, 11) is 0. The molecule has 0 radical (unpaired) electrons. The van der Waals surface area contributed by atoms with Crippen LogP contribution in [0.25, 0.3) is 5.69 Å². The summed E-state index contributed by atoms with van der Waals surface area (Å²) in [6.45, 7) is 3.11. The van der Waals surface area contributed by atoms with Crippen molar-refractivity contribution in [2.45, 2.75) is 32.1 Å². The van der Waals surface area contributed by atoms with Crippen LogP contribution in [0.4, 0.5) is 18.9 Å². The Balaban J connectivity index is 1.53. The second-order valence-corrected chi connectivity index (χ2v) is 9.08. The number of fused-ring (bicyclic) bond motifs is 3. The predicted octanol–water partition coefficient (Wildman–Crippen LogP) is 6.08. The maximum atomic E-state index is 14.0. The van der Waals surface area contributed by atoms with Gasteiger partial charge >= 0.3 is 6.18 Å². The molecule has 0 N–H and O–H groups in total. The van der Waals surface area contributed by atoms with Gasteiger partial charge < -0.3 is 13.9 Å². The van der Waals surface area contributed by atoms with Crippen molar-refractivity contribution in [3.8, 4) is 5.69 Å². The summed E-state index contributed by atoms with van der Waals surface area (Å²) >= 11 is 0. The van der Waals surface area contributed by atoms with Gasteiger partial charge in [-0.05, 0) is 68.4 Å². The molecule has 0 saturated carbocycles. The summed E-state index contributed by atoms with van der Waals surface area (Å²) in [4.78, 5) is 30.2. The summed E-state index contributed by atoms with van der Waals surface area (Å²) in [6, 6.07) is 17.9. The number of aromatic nitrogens is 1. The summed E-state index contributed by atoms with van der Waals surface area (Å²) in [5.74, 6) is -0.504. The normalized spacial score (nSPS) is 14.9. The minimum absolute atomic E-state index is 0.133. The molecule has 1 atom stereocenters. The lowest BCUT2D eigenvalue weighted by atomic mass is 10.0. The van der Waals surface area contributed by atoms with Crippen LogP contribution in [0.1, 0.15) is 47.3 Å². The van der Waals surface area contributed by atoms with Crippen molar-refractivity contribution in [2.24, 2.45) is 0 Å². The largest absolute Gasteiger partial charge is 0.467 e. The fourth-order valence-electron chi connectivity index (χ4n) is 4.68. The van der Waals surface area contributed by atoms with Crippen LogP contribution in [-0.4, -0.2) is 33.9 Å². The molecule has 2 aromatic carbocycles. The molecule has 0 spiro atoms. The molecular weight excluding hydrogens is 483 g/mol. The molecule has 6 nitrogen and oxygen atoms in total. The van der Waals surface area contributed by atoms with Gasteiger partial charge in [0, 0.05) is 17.8 Å². The minimum atomic E-state index is -4.59. The molecule has 5 rings (SSSR count). The van der Waals surface area contributed by atoms with Crippen LogP contribution in [-0.2, 0) is 11.0 Å². The van der Waals surface area contributed by atoms with Gasteiger partial charge in [-0.25, -0.2) is 0 Å². The van der Waals surface area contributed by atoms with Gasteiger partial charge in [0.1, 0.15) is 18.3 Å². The third-order valence-electron chi connectivity index (χ3n) is 6.43. The number of benzene rings is 2. The number of nitrogens with zero attached hydrogens (tertiary/aromatic N) is 3. The van der Waals surface area contributed by atoms with Crippen LogP contribution in [0.15, 0.2) is 89.7 Å². The number of alkyl halides is 3. The van der Waals surface area contributed by atoms with Crippen LogP contribution in [0.3, 0.4) is 0 Å². The second-order valence-electron chi connectivity index (χ2n) is 9.08. The highest BCUT2D eigenvalue weighted by atomic mass is 19.4. The standard InChI is InChI=1S/C28H24F3N3O3/c1-18(2)33(27(36)19-8-5-9-20(16-19)28(29,30)31)17-25(35)34-22-11-4-3-10-21(22)32-14-6-12-23(32)26(34)24-13-7-15-37-24/h3-16,18,26H,17H2,1-2H3. The van der Waals surface area contributed by atoms with Crippen LogP contribution in [0, 0.1) is 0 Å². The Kier molecular flexibility index (Phi) is 6.15. The van der Waals surface area contributed by atoms with E-state index in [1.165, 1.54) is 23.3 Å². The van der Waals surface area contributed by atoms with E-state index in [-0.39, 0.29) is 12.1 Å². The molecule has 4 aromatic rings. The summed E-state index contributed by atoms with van der Waals surface area (Å²) < 4.78 is 47.5. The van der Waals surface area contributed by atoms with E-state index in [9.17, 15) is 22.8 Å². The van der Waals surface area contributed by atoms with E-state index in [4.69, 9.17) is 4.42 Å². The Morgan fingerprint density at radius 2 is 1.73 bits per heavy atom. The highest BCUT2D eigenvalue weighted by molar-refractivity contribution is 6.02. The van der Waals surface area contributed by atoms with Gasteiger partial charge in [0.15, 0.2) is 0 Å². The molecule has 0 aliphatic carbocycles. The molecule has 2 aromatic heterocycles. The maximum Gasteiger partial charge on any atom is 0.416 e. The van der Waals surface area contributed by atoms with Gasteiger partial charge in [0.05, 0.1) is 28.9 Å². The highest BCUT2D eigenvalue weighted by Gasteiger charge is 2.39. The summed E-state index contributed by atoms with van der Waals surface area (Å²) in [6.07, 6.45) is -1.15. The first-order chi connectivity index (χ1) is 17.7. The third-order valence-corrected chi connectivity index (χ3v) is 6.43. The van der Waals surface area contributed by atoms with Crippen molar-refractivity contribution >= 4 is 17.5 Å². The van der Waals surface area contributed by atoms with Gasteiger partial charge in [-0.3, -0.25) is 14.5 Å². The average molecular weight is 508 g/mol. The van der Waals surface area contributed by atoms with E-state index < -0.39 is 35.6 Å². The van der Waals surface area contributed by atoms with Crippen LogP contribution >= 0.6 is 0 Å². The Hall–Kier alpha value is -4.27. The molecule has 0 bridgehead atoms. The minimum Gasteiger partial charge on any atom is -0.467 e. The number of anilines is 1. The van der Waals surface area contributed by atoms with Gasteiger partial charge in [-0.1, -0.05) is 18.2 Å². The van der Waals surface area contributed by atoms with E-state index in [0.29, 0.717) is 11.4 Å². The first-order valence-corrected chi connectivity index (χ1v) is 11.8. The SMILES string of the molecule is CC(C)N(CC(=O)N1c2ccccc2-n2cccc2C1c1ccco1)C(=O)c1cccc(C(F)(F)F)c1. The molecule has 3 heterocycles. The van der Waals surface area contributed by atoms with Crippen LogP contribution in [0.2, 0.25) is 0 Å². The molecule has 0 fully saturated rings. The number of amides is 2. The number of hydrogen-bond acceptors (Lipinski definition) is 3. The number of carbonyl (C=O) groups is 2. The lowest BCUT2D eigenvalue weighted by Crippen LogP contribution is -2.48. The molecule has 1 aliphatic rings. The number of rotatable bonds is 5. The van der Waals surface area contributed by atoms with E-state index in [1.807, 2.05) is 47.2 Å². The van der Waals surface area contributed by atoms with E-state index in [0.717, 1.165) is 23.5 Å². The smallest absolute Gasteiger partial charge is 0.416 e. The summed E-state index contributed by atoms with van der Waals surface area (Å²) in [5.41, 5.74) is 1.18. The lowest BCUT2D eigenvalue weighted by Gasteiger charge is -2.38. The Morgan fingerprint density at radius 3 is 2.41 bits per heavy atom. The first-order valence-electron chi connectivity index (χ1n) is 11.8. The van der Waals surface area contributed by atoms with E-state index >= 15 is 0 Å². The van der Waals surface area contributed by atoms with Crippen molar-refractivity contribution in [1.82, 2.24) is 9.47 Å². The van der Waals surface area contributed by atoms with Crippen molar-refractivity contribution < 1.29 is 27.2 Å². The van der Waals surface area contributed by atoms with Crippen LogP contribution < -0.4 is 4.90 Å². The molecule has 9 heteroatoms. The van der Waals surface area contributed by atoms with E-state index in [1.54, 1.807) is 30.9 Å². The molecule has 190 valence electrons. The molecule has 37 heavy (non-hydrogen) atoms. The topological polar surface area (TPSA) is 58.7 Å². The third kappa shape index (κ3) is 4.41. The number of halogens is 3. The highest BCUT2D eigenvalue weighted by Crippen LogP contribution is 2.42. The Bertz CT molecular complexity index is 1440. The van der Waals surface area contributed by atoms with Crippen molar-refractivity contribution in [2.75, 3.05) is 11.4 Å². The zero-order chi connectivity index (χ0) is 26.3. The molecular formula is C28H24F3N3O3. The number of para-hydroxylation sites is 2. The monoisotopic (exact) mass is 507 g/mol. The average Bonchev–Trinajstić information content (AvgIpc) is 3.58. The van der Waals surface area contributed by atoms with Gasteiger partial charge in [0.2, 0.25) is 5.91 Å². The summed E-state index contributed by atoms with van der Waals surface area (Å²) in [5, 5.41) is 0. The number of hydrogen-bond donors (Lipinski definition) is 0. The van der Waals surface area contributed by atoms with Crippen LogP contribution in [0.5, 0.6) is 0 Å². The molecule has 1 aliphatic heterocycles. The maximum absolute atomic E-state index is 14.0. The fraction of sp³-hybridized carbons (Fsp3) is 0.214. The zero-order valence-corrected chi connectivity index (χ0v) is 20.1. The van der Waals surface area contributed by atoms with Gasteiger partial charge in [-0.15, -0.1) is 0 Å². The first kappa shape index (κ1) is 24.4.